The summed E-state index contributed by atoms with van der Waals surface area (Å²) >= 11 is 0. The van der Waals surface area contributed by atoms with Crippen LogP contribution in [0, 0.1) is 0 Å². The second-order valence-electron chi connectivity index (χ2n) is 3.06. The second kappa shape index (κ2) is 5.33. The van der Waals surface area contributed by atoms with Crippen molar-refractivity contribution in [3.8, 4) is 5.75 Å². The van der Waals surface area contributed by atoms with Crippen LogP contribution in [0.2, 0.25) is 0 Å². The maximum Gasteiger partial charge on any atom is 0.242 e. The summed E-state index contributed by atoms with van der Waals surface area (Å²) in [4.78, 5) is 11.4. The van der Waals surface area contributed by atoms with Gasteiger partial charge in [-0.1, -0.05) is 0 Å². The third-order valence-electron chi connectivity index (χ3n) is 1.95. The number of anilines is 1. The van der Waals surface area contributed by atoms with Gasteiger partial charge in [0, 0.05) is 12.2 Å². The van der Waals surface area contributed by atoms with Crippen molar-refractivity contribution in [3.05, 3.63) is 24.3 Å². The van der Waals surface area contributed by atoms with Crippen LogP contribution in [-0.2, 0) is 4.79 Å². The van der Waals surface area contributed by atoms with E-state index in [-0.39, 0.29) is 12.5 Å². The fraction of sp³-hybridized carbons (Fsp3) is 0.300. The summed E-state index contributed by atoms with van der Waals surface area (Å²) in [7, 11) is 1.58. The Labute approximate surface area is 88.4 Å². The van der Waals surface area contributed by atoms with E-state index in [4.69, 9.17) is 16.2 Å². The molecular weight excluding hydrogens is 194 g/mol. The minimum atomic E-state index is -0.674. The Morgan fingerprint density at radius 3 is 2.53 bits per heavy atom. The van der Waals surface area contributed by atoms with Gasteiger partial charge in [-0.05, 0) is 24.3 Å². The van der Waals surface area contributed by atoms with Gasteiger partial charge in [0.25, 0.3) is 0 Å². The highest BCUT2D eigenvalue weighted by molar-refractivity contribution is 5.94. The van der Waals surface area contributed by atoms with E-state index in [2.05, 4.69) is 5.32 Å². The van der Waals surface area contributed by atoms with Crippen LogP contribution in [0.3, 0.4) is 0 Å². The lowest BCUT2D eigenvalue weighted by Crippen LogP contribution is -2.41. The van der Waals surface area contributed by atoms with Crippen LogP contribution < -0.4 is 21.5 Å². The number of nitrogens with two attached hydrogens (primary N) is 2. The summed E-state index contributed by atoms with van der Waals surface area (Å²) in [5, 5.41) is 2.64. The molecule has 1 rings (SSSR count). The Morgan fingerprint density at radius 1 is 1.47 bits per heavy atom. The van der Waals surface area contributed by atoms with Crippen LogP contribution >= 0.6 is 0 Å². The van der Waals surface area contributed by atoms with Gasteiger partial charge in [-0.2, -0.15) is 0 Å². The summed E-state index contributed by atoms with van der Waals surface area (Å²) in [6, 6.07) is 6.31. The first-order valence-electron chi connectivity index (χ1n) is 4.58. The Bertz CT molecular complexity index is 324. The van der Waals surface area contributed by atoms with Crippen LogP contribution in [0.25, 0.3) is 0 Å². The monoisotopic (exact) mass is 209 g/mol. The molecule has 5 nitrogen and oxygen atoms in total. The molecule has 0 saturated carbocycles. The maximum atomic E-state index is 11.4. The fourth-order valence-corrected chi connectivity index (χ4v) is 1.02. The summed E-state index contributed by atoms with van der Waals surface area (Å²) in [6.45, 7) is 0.127. The first kappa shape index (κ1) is 11.5. The van der Waals surface area contributed by atoms with Crippen molar-refractivity contribution in [1.82, 2.24) is 0 Å². The molecule has 0 unspecified atom stereocenters. The lowest BCUT2D eigenvalue weighted by molar-refractivity contribution is -0.117. The van der Waals surface area contributed by atoms with Crippen molar-refractivity contribution in [2.24, 2.45) is 11.5 Å². The van der Waals surface area contributed by atoms with Crippen molar-refractivity contribution >= 4 is 11.6 Å². The van der Waals surface area contributed by atoms with Crippen LogP contribution in [0.15, 0.2) is 24.3 Å². The molecule has 1 amide bonds. The summed E-state index contributed by atoms with van der Waals surface area (Å²) in [5.41, 5.74) is 11.4. The van der Waals surface area contributed by atoms with E-state index >= 15 is 0 Å². The molecule has 0 fully saturated rings. The average Bonchev–Trinajstić information content (AvgIpc) is 2.29. The van der Waals surface area contributed by atoms with Crippen LogP contribution in [-0.4, -0.2) is 25.6 Å². The molecule has 82 valence electrons. The van der Waals surface area contributed by atoms with Crippen molar-refractivity contribution < 1.29 is 9.53 Å². The van der Waals surface area contributed by atoms with Gasteiger partial charge in [-0.3, -0.25) is 4.79 Å². The molecule has 1 aromatic rings. The SMILES string of the molecule is COc1ccc(NC(=O)[C@H](N)CN)cc1. The number of ether oxygens (including phenoxy) is 1. The fourth-order valence-electron chi connectivity index (χ4n) is 1.02. The van der Waals surface area contributed by atoms with Gasteiger partial charge in [0.2, 0.25) is 5.91 Å². The molecule has 5 heteroatoms. The summed E-state index contributed by atoms with van der Waals surface area (Å²) < 4.78 is 4.99. The smallest absolute Gasteiger partial charge is 0.242 e. The van der Waals surface area contributed by atoms with E-state index in [1.54, 1.807) is 31.4 Å². The largest absolute Gasteiger partial charge is 0.497 e. The molecular formula is C10H15N3O2. The molecule has 0 aliphatic heterocycles. The topological polar surface area (TPSA) is 90.4 Å². The third kappa shape index (κ3) is 3.23. The van der Waals surface area contributed by atoms with Gasteiger partial charge in [0.1, 0.15) is 5.75 Å². The molecule has 15 heavy (non-hydrogen) atoms. The second-order valence-corrected chi connectivity index (χ2v) is 3.06. The normalized spacial score (nSPS) is 11.9. The Balaban J connectivity index is 2.61. The van der Waals surface area contributed by atoms with Crippen molar-refractivity contribution in [1.29, 1.82) is 0 Å². The van der Waals surface area contributed by atoms with Crippen molar-refractivity contribution in [2.45, 2.75) is 6.04 Å². The van der Waals surface area contributed by atoms with E-state index in [0.29, 0.717) is 5.69 Å². The number of carbonyl (C=O) groups excluding carboxylic acids is 1. The molecule has 0 spiro atoms. The van der Waals surface area contributed by atoms with Gasteiger partial charge in [-0.15, -0.1) is 0 Å². The highest BCUT2D eigenvalue weighted by atomic mass is 16.5. The molecule has 1 atom stereocenters. The highest BCUT2D eigenvalue weighted by Crippen LogP contribution is 2.14. The number of benzene rings is 1. The van der Waals surface area contributed by atoms with Crippen LogP contribution in [0.5, 0.6) is 5.75 Å². The van der Waals surface area contributed by atoms with E-state index in [1.807, 2.05) is 0 Å². The van der Waals surface area contributed by atoms with Gasteiger partial charge >= 0.3 is 0 Å². The first-order chi connectivity index (χ1) is 7.17. The van der Waals surface area contributed by atoms with Crippen LogP contribution in [0.4, 0.5) is 5.69 Å². The molecule has 0 radical (unpaired) electrons. The van der Waals surface area contributed by atoms with Crippen LogP contribution in [0.1, 0.15) is 0 Å². The average molecular weight is 209 g/mol. The molecule has 0 aliphatic carbocycles. The highest BCUT2D eigenvalue weighted by Gasteiger charge is 2.10. The molecule has 1 aromatic carbocycles. The molecule has 5 N–H and O–H groups in total. The van der Waals surface area contributed by atoms with E-state index in [0.717, 1.165) is 5.75 Å². The quantitative estimate of drug-likeness (QED) is 0.647. The van der Waals surface area contributed by atoms with E-state index < -0.39 is 6.04 Å². The summed E-state index contributed by atoms with van der Waals surface area (Å²) in [6.07, 6.45) is 0. The van der Waals surface area contributed by atoms with E-state index in [9.17, 15) is 4.79 Å². The maximum absolute atomic E-state index is 11.4. The Hall–Kier alpha value is -1.59. The minimum Gasteiger partial charge on any atom is -0.497 e. The zero-order valence-electron chi connectivity index (χ0n) is 8.57. The standard InChI is InChI=1S/C10H15N3O2/c1-15-8-4-2-7(3-5-8)13-10(14)9(12)6-11/h2-5,9H,6,11-12H2,1H3,(H,13,14)/t9-/m1/s1. The Morgan fingerprint density at radius 2 is 2.07 bits per heavy atom. The zero-order valence-corrected chi connectivity index (χ0v) is 8.57. The number of rotatable bonds is 4. The molecule has 0 bridgehead atoms. The van der Waals surface area contributed by atoms with Gasteiger partial charge in [-0.25, -0.2) is 0 Å². The number of nitrogens with one attached hydrogen (secondary N) is 1. The van der Waals surface area contributed by atoms with Gasteiger partial charge in [0.15, 0.2) is 0 Å². The first-order valence-corrected chi connectivity index (χ1v) is 4.58. The van der Waals surface area contributed by atoms with Gasteiger partial charge in [0.05, 0.1) is 13.2 Å². The molecule has 0 aromatic heterocycles. The number of amides is 1. The number of carbonyl (C=O) groups is 1. The molecule has 0 heterocycles. The lowest BCUT2D eigenvalue weighted by atomic mass is 10.2. The lowest BCUT2D eigenvalue weighted by Gasteiger charge is -2.10. The number of hydrogen-bond acceptors (Lipinski definition) is 4. The summed E-state index contributed by atoms with van der Waals surface area (Å²) in [5.74, 6) is 0.443. The molecule has 0 aliphatic rings. The number of hydrogen-bond donors (Lipinski definition) is 3. The predicted molar refractivity (Wildman–Crippen MR) is 58.7 cm³/mol. The van der Waals surface area contributed by atoms with E-state index in [1.165, 1.54) is 0 Å². The third-order valence-corrected chi connectivity index (χ3v) is 1.95. The molecule has 0 saturated heterocycles. The Kier molecular flexibility index (Phi) is 4.08. The zero-order chi connectivity index (χ0) is 11.3. The van der Waals surface area contributed by atoms with Crippen molar-refractivity contribution in [3.63, 3.8) is 0 Å². The van der Waals surface area contributed by atoms with Crippen molar-refractivity contribution in [2.75, 3.05) is 19.0 Å². The number of methoxy groups -OCH3 is 1. The predicted octanol–water partition coefficient (Wildman–Crippen LogP) is -0.0803. The van der Waals surface area contributed by atoms with Gasteiger partial charge < -0.3 is 21.5 Å². The minimum absolute atomic E-state index is 0.127.